The molecule has 0 aromatic heterocycles. The van der Waals surface area contributed by atoms with Crippen LogP contribution in [0.2, 0.25) is 0 Å². The molecule has 0 saturated carbocycles. The van der Waals surface area contributed by atoms with Gasteiger partial charge in [0.15, 0.2) is 0 Å². The van der Waals surface area contributed by atoms with Gasteiger partial charge in [-0.15, -0.1) is 0 Å². The molecule has 1 unspecified atom stereocenters. The highest BCUT2D eigenvalue weighted by atomic mass is 79.9. The molecule has 0 spiro atoms. The second kappa shape index (κ2) is 8.22. The summed E-state index contributed by atoms with van der Waals surface area (Å²) in [5.41, 5.74) is 1.09. The molecule has 0 radical (unpaired) electrons. The highest BCUT2D eigenvalue weighted by molar-refractivity contribution is 9.10. The Balaban J connectivity index is 0.000000771. The molecular weight excluding hydrogens is 308 g/mol. The van der Waals surface area contributed by atoms with Gasteiger partial charge in [0.1, 0.15) is 0 Å². The van der Waals surface area contributed by atoms with Gasteiger partial charge in [0.05, 0.1) is 16.6 Å². The van der Waals surface area contributed by atoms with Crippen molar-refractivity contribution in [3.8, 4) is 0 Å². The SMILES string of the molecule is CC.O=S(Cc1ccc(Br)cc1)c1ccccc1. The minimum atomic E-state index is -0.956. The van der Waals surface area contributed by atoms with E-state index in [0.717, 1.165) is 14.9 Å². The van der Waals surface area contributed by atoms with E-state index in [4.69, 9.17) is 0 Å². The number of benzene rings is 2. The zero-order valence-corrected chi connectivity index (χ0v) is 13.0. The molecule has 2 aromatic carbocycles. The van der Waals surface area contributed by atoms with E-state index in [9.17, 15) is 4.21 Å². The fourth-order valence-electron chi connectivity index (χ4n) is 1.39. The van der Waals surface area contributed by atoms with Crippen LogP contribution in [0.4, 0.5) is 0 Å². The van der Waals surface area contributed by atoms with E-state index in [2.05, 4.69) is 15.9 Å². The first-order valence-electron chi connectivity index (χ1n) is 5.93. The molecule has 0 N–H and O–H groups in total. The van der Waals surface area contributed by atoms with Gasteiger partial charge in [-0.1, -0.05) is 60.1 Å². The van der Waals surface area contributed by atoms with Crippen LogP contribution < -0.4 is 0 Å². The lowest BCUT2D eigenvalue weighted by Gasteiger charge is -2.02. The highest BCUT2D eigenvalue weighted by Crippen LogP contribution is 2.15. The van der Waals surface area contributed by atoms with Crippen LogP contribution in [-0.4, -0.2) is 4.21 Å². The van der Waals surface area contributed by atoms with Crippen molar-refractivity contribution >= 4 is 26.7 Å². The number of halogens is 1. The summed E-state index contributed by atoms with van der Waals surface area (Å²) in [5.74, 6) is 0.567. The zero-order valence-electron chi connectivity index (χ0n) is 10.6. The number of hydrogen-bond donors (Lipinski definition) is 0. The maximum Gasteiger partial charge on any atom is 0.0574 e. The Morgan fingerprint density at radius 2 is 1.50 bits per heavy atom. The summed E-state index contributed by atoms with van der Waals surface area (Å²) >= 11 is 3.38. The van der Waals surface area contributed by atoms with Crippen LogP contribution in [0.25, 0.3) is 0 Å². The molecule has 0 fully saturated rings. The standard InChI is InChI=1S/C13H11BrOS.C2H6/c14-12-8-6-11(7-9-12)10-16(15)13-4-2-1-3-5-13;1-2/h1-9H,10H2;1-2H3. The summed E-state index contributed by atoms with van der Waals surface area (Å²) in [6.45, 7) is 4.00. The Morgan fingerprint density at radius 3 is 2.06 bits per heavy atom. The average Bonchev–Trinajstić information content (AvgIpc) is 2.44. The molecule has 2 aromatic rings. The predicted octanol–water partition coefficient (Wildman–Crippen LogP) is 4.78. The quantitative estimate of drug-likeness (QED) is 0.793. The van der Waals surface area contributed by atoms with E-state index >= 15 is 0 Å². The molecule has 1 nitrogen and oxygen atoms in total. The van der Waals surface area contributed by atoms with Crippen LogP contribution in [0.1, 0.15) is 19.4 Å². The summed E-state index contributed by atoms with van der Waals surface area (Å²) < 4.78 is 13.0. The number of rotatable bonds is 3. The van der Waals surface area contributed by atoms with E-state index in [1.807, 2.05) is 68.4 Å². The van der Waals surface area contributed by atoms with Crippen LogP contribution in [0, 0.1) is 0 Å². The molecular formula is C15H17BrOS. The van der Waals surface area contributed by atoms with Crippen molar-refractivity contribution in [2.75, 3.05) is 0 Å². The normalized spacial score (nSPS) is 11.3. The molecule has 0 heterocycles. The second-order valence-corrected chi connectivity index (χ2v) is 5.80. The van der Waals surface area contributed by atoms with Gasteiger partial charge in [-0.2, -0.15) is 0 Å². The van der Waals surface area contributed by atoms with Crippen LogP contribution >= 0.6 is 15.9 Å². The first kappa shape index (κ1) is 15.1. The van der Waals surface area contributed by atoms with Gasteiger partial charge >= 0.3 is 0 Å². The Bertz CT molecular complexity index is 480. The monoisotopic (exact) mass is 324 g/mol. The van der Waals surface area contributed by atoms with Gasteiger partial charge in [-0.3, -0.25) is 4.21 Å². The maximum absolute atomic E-state index is 12.0. The molecule has 0 aliphatic carbocycles. The molecule has 96 valence electrons. The molecule has 3 heteroatoms. The Labute approximate surface area is 120 Å². The molecule has 0 aliphatic rings. The molecule has 0 aliphatic heterocycles. The van der Waals surface area contributed by atoms with Crippen molar-refractivity contribution in [2.24, 2.45) is 0 Å². The molecule has 1 atom stereocenters. The van der Waals surface area contributed by atoms with Crippen molar-refractivity contribution in [1.29, 1.82) is 0 Å². The van der Waals surface area contributed by atoms with Crippen molar-refractivity contribution in [3.05, 3.63) is 64.6 Å². The molecule has 2 rings (SSSR count). The van der Waals surface area contributed by atoms with E-state index in [-0.39, 0.29) is 0 Å². The lowest BCUT2D eigenvalue weighted by molar-refractivity contribution is 0.682. The van der Waals surface area contributed by atoms with Gasteiger partial charge in [0, 0.05) is 9.37 Å². The van der Waals surface area contributed by atoms with Gasteiger partial charge in [-0.25, -0.2) is 0 Å². The minimum Gasteiger partial charge on any atom is -0.254 e. The second-order valence-electron chi connectivity index (χ2n) is 3.43. The van der Waals surface area contributed by atoms with E-state index in [1.54, 1.807) is 0 Å². The van der Waals surface area contributed by atoms with Crippen LogP contribution in [0.5, 0.6) is 0 Å². The molecule has 18 heavy (non-hydrogen) atoms. The number of hydrogen-bond acceptors (Lipinski definition) is 1. The predicted molar refractivity (Wildman–Crippen MR) is 82.0 cm³/mol. The lowest BCUT2D eigenvalue weighted by Crippen LogP contribution is -1.95. The third-order valence-electron chi connectivity index (χ3n) is 2.22. The maximum atomic E-state index is 12.0. The zero-order chi connectivity index (χ0) is 13.4. The fourth-order valence-corrected chi connectivity index (χ4v) is 2.77. The summed E-state index contributed by atoms with van der Waals surface area (Å²) in [7, 11) is -0.956. The van der Waals surface area contributed by atoms with Crippen molar-refractivity contribution < 1.29 is 4.21 Å². The van der Waals surface area contributed by atoms with Gasteiger partial charge in [-0.05, 0) is 29.8 Å². The summed E-state index contributed by atoms with van der Waals surface area (Å²) in [6, 6.07) is 17.5. The molecule has 0 amide bonds. The van der Waals surface area contributed by atoms with Crippen molar-refractivity contribution in [3.63, 3.8) is 0 Å². The van der Waals surface area contributed by atoms with Gasteiger partial charge < -0.3 is 0 Å². The van der Waals surface area contributed by atoms with E-state index in [1.165, 1.54) is 0 Å². The Hall–Kier alpha value is -0.930. The van der Waals surface area contributed by atoms with Crippen LogP contribution in [0.15, 0.2) is 64.0 Å². The topological polar surface area (TPSA) is 17.1 Å². The lowest BCUT2D eigenvalue weighted by atomic mass is 10.2. The molecule has 0 bridgehead atoms. The van der Waals surface area contributed by atoms with Crippen LogP contribution in [-0.2, 0) is 16.6 Å². The third-order valence-corrected chi connectivity index (χ3v) is 4.14. The average molecular weight is 325 g/mol. The highest BCUT2D eigenvalue weighted by Gasteiger charge is 2.03. The van der Waals surface area contributed by atoms with Gasteiger partial charge in [0.25, 0.3) is 0 Å². The van der Waals surface area contributed by atoms with E-state index in [0.29, 0.717) is 5.75 Å². The summed E-state index contributed by atoms with van der Waals surface area (Å²) in [6.07, 6.45) is 0. The van der Waals surface area contributed by atoms with Crippen molar-refractivity contribution in [1.82, 2.24) is 0 Å². The van der Waals surface area contributed by atoms with E-state index < -0.39 is 10.8 Å². The summed E-state index contributed by atoms with van der Waals surface area (Å²) in [5, 5.41) is 0. The van der Waals surface area contributed by atoms with Crippen LogP contribution in [0.3, 0.4) is 0 Å². The molecule has 0 saturated heterocycles. The first-order valence-corrected chi connectivity index (χ1v) is 8.05. The van der Waals surface area contributed by atoms with Gasteiger partial charge in [0.2, 0.25) is 0 Å². The van der Waals surface area contributed by atoms with Crippen molar-refractivity contribution in [2.45, 2.75) is 24.5 Å². The smallest absolute Gasteiger partial charge is 0.0574 e. The minimum absolute atomic E-state index is 0.567. The largest absolute Gasteiger partial charge is 0.254 e. The first-order chi connectivity index (χ1) is 8.75. The third kappa shape index (κ3) is 4.75. The fraction of sp³-hybridized carbons (Fsp3) is 0.200. The Morgan fingerprint density at radius 1 is 0.944 bits per heavy atom. The summed E-state index contributed by atoms with van der Waals surface area (Å²) in [4.78, 5) is 0.880. The Kier molecular flexibility index (Phi) is 6.91.